The lowest BCUT2D eigenvalue weighted by atomic mass is 10.2. The Morgan fingerprint density at radius 1 is 1.60 bits per heavy atom. The van der Waals surface area contributed by atoms with Gasteiger partial charge < -0.3 is 5.11 Å². The molecule has 1 rings (SSSR count). The minimum atomic E-state index is -0.799. The number of aliphatic carboxylic acids is 1. The topological polar surface area (TPSA) is 40.5 Å². The quantitative estimate of drug-likeness (QED) is 0.914. The summed E-state index contributed by atoms with van der Waals surface area (Å²) >= 11 is 3.38. The van der Waals surface area contributed by atoms with E-state index >= 15 is 0 Å². The molecule has 0 aliphatic heterocycles. The third-order valence-corrected chi connectivity index (χ3v) is 2.83. The van der Waals surface area contributed by atoms with Crippen molar-refractivity contribution in [2.24, 2.45) is 0 Å². The zero-order valence-corrected chi connectivity index (χ0v) is 10.4. The van der Waals surface area contributed by atoms with Crippen LogP contribution >= 0.6 is 15.9 Å². The maximum absolute atomic E-state index is 10.7. The van der Waals surface area contributed by atoms with E-state index in [1.807, 2.05) is 24.3 Å². The molecule has 0 saturated carbocycles. The van der Waals surface area contributed by atoms with Crippen LogP contribution in [0.2, 0.25) is 0 Å². The van der Waals surface area contributed by atoms with Crippen molar-refractivity contribution in [3.05, 3.63) is 34.3 Å². The Morgan fingerprint density at radius 3 is 2.80 bits per heavy atom. The summed E-state index contributed by atoms with van der Waals surface area (Å²) in [6.45, 7) is 2.31. The molecule has 0 bridgehead atoms. The predicted molar refractivity (Wildman–Crippen MR) is 62.7 cm³/mol. The second kappa shape index (κ2) is 5.28. The molecule has 1 N–H and O–H groups in total. The molecular weight excluding hydrogens is 258 g/mol. The molecule has 0 spiro atoms. The first kappa shape index (κ1) is 12.2. The Morgan fingerprint density at radius 2 is 2.27 bits per heavy atom. The van der Waals surface area contributed by atoms with Crippen LogP contribution in [0, 0.1) is 0 Å². The summed E-state index contributed by atoms with van der Waals surface area (Å²) in [5.41, 5.74) is 1.10. The van der Waals surface area contributed by atoms with E-state index in [0.717, 1.165) is 10.0 Å². The van der Waals surface area contributed by atoms with Crippen LogP contribution in [0.3, 0.4) is 0 Å². The normalized spacial score (nSPS) is 12.8. The lowest BCUT2D eigenvalue weighted by Gasteiger charge is -2.21. The highest BCUT2D eigenvalue weighted by atomic mass is 79.9. The Bertz CT molecular complexity index is 354. The summed E-state index contributed by atoms with van der Waals surface area (Å²) in [6.07, 6.45) is 0. The highest BCUT2D eigenvalue weighted by Crippen LogP contribution is 2.13. The number of hydrogen-bond donors (Lipinski definition) is 1. The molecule has 15 heavy (non-hydrogen) atoms. The van der Waals surface area contributed by atoms with Gasteiger partial charge >= 0.3 is 5.97 Å². The van der Waals surface area contributed by atoms with Gasteiger partial charge in [0.2, 0.25) is 0 Å². The van der Waals surface area contributed by atoms with Crippen molar-refractivity contribution in [2.45, 2.75) is 19.5 Å². The first-order valence-corrected chi connectivity index (χ1v) is 5.47. The average Bonchev–Trinajstić information content (AvgIpc) is 2.16. The number of carbonyl (C=O) groups is 1. The molecule has 0 saturated heterocycles. The molecule has 0 fully saturated rings. The Balaban J connectivity index is 2.66. The van der Waals surface area contributed by atoms with E-state index in [2.05, 4.69) is 15.9 Å². The first-order valence-electron chi connectivity index (χ1n) is 4.68. The SMILES string of the molecule is CC(C(=O)O)N(C)Cc1cccc(Br)c1. The molecule has 3 nitrogen and oxygen atoms in total. The van der Waals surface area contributed by atoms with Crippen LogP contribution in [-0.4, -0.2) is 29.1 Å². The second-order valence-corrected chi connectivity index (χ2v) is 4.47. The predicted octanol–water partition coefficient (Wildman–Crippen LogP) is 2.35. The number of carboxylic acid groups (broad SMARTS) is 1. The van der Waals surface area contributed by atoms with Gasteiger partial charge in [-0.1, -0.05) is 28.1 Å². The van der Waals surface area contributed by atoms with Crippen molar-refractivity contribution in [3.63, 3.8) is 0 Å². The van der Waals surface area contributed by atoms with Gasteiger partial charge in [-0.25, -0.2) is 0 Å². The van der Waals surface area contributed by atoms with Crippen LogP contribution in [0.1, 0.15) is 12.5 Å². The summed E-state index contributed by atoms with van der Waals surface area (Å²) in [5, 5.41) is 8.83. The number of rotatable bonds is 4. The number of halogens is 1. The van der Waals surface area contributed by atoms with Gasteiger partial charge in [0.25, 0.3) is 0 Å². The molecule has 4 heteroatoms. The molecule has 1 aromatic rings. The molecule has 0 heterocycles. The Kier molecular flexibility index (Phi) is 4.29. The summed E-state index contributed by atoms with van der Waals surface area (Å²) in [6, 6.07) is 7.40. The lowest BCUT2D eigenvalue weighted by Crippen LogP contribution is -2.35. The van der Waals surface area contributed by atoms with Crippen LogP contribution in [0.4, 0.5) is 0 Å². The zero-order valence-electron chi connectivity index (χ0n) is 8.77. The van der Waals surface area contributed by atoms with Crippen molar-refractivity contribution in [1.82, 2.24) is 4.90 Å². The minimum Gasteiger partial charge on any atom is -0.480 e. The van der Waals surface area contributed by atoms with Gasteiger partial charge in [-0.2, -0.15) is 0 Å². The van der Waals surface area contributed by atoms with Crippen LogP contribution in [0.25, 0.3) is 0 Å². The molecule has 1 unspecified atom stereocenters. The second-order valence-electron chi connectivity index (χ2n) is 3.56. The van der Waals surface area contributed by atoms with E-state index in [-0.39, 0.29) is 0 Å². The van der Waals surface area contributed by atoms with Crippen molar-refractivity contribution >= 4 is 21.9 Å². The van der Waals surface area contributed by atoms with Crippen LogP contribution in [-0.2, 0) is 11.3 Å². The van der Waals surface area contributed by atoms with Gasteiger partial charge in [0.15, 0.2) is 0 Å². The summed E-state index contributed by atoms with van der Waals surface area (Å²) in [4.78, 5) is 12.5. The molecule has 1 aromatic carbocycles. The monoisotopic (exact) mass is 271 g/mol. The molecule has 0 aliphatic carbocycles. The minimum absolute atomic E-state index is 0.469. The Labute approximate surface area is 97.8 Å². The number of likely N-dealkylation sites (N-methyl/N-ethyl adjacent to an activating group) is 1. The van der Waals surface area contributed by atoms with Gasteiger partial charge in [0.05, 0.1) is 0 Å². The fourth-order valence-electron chi connectivity index (χ4n) is 1.25. The molecule has 0 aromatic heterocycles. The fraction of sp³-hybridized carbons (Fsp3) is 0.364. The number of hydrogen-bond acceptors (Lipinski definition) is 2. The van der Waals surface area contributed by atoms with Crippen molar-refractivity contribution in [2.75, 3.05) is 7.05 Å². The Hall–Kier alpha value is -0.870. The zero-order chi connectivity index (χ0) is 11.4. The summed E-state index contributed by atoms with van der Waals surface area (Å²) < 4.78 is 1.01. The molecular formula is C11H14BrNO2. The first-order chi connectivity index (χ1) is 7.00. The molecule has 0 amide bonds. The number of carboxylic acids is 1. The summed E-state index contributed by atoms with van der Waals surface area (Å²) in [5.74, 6) is -0.799. The summed E-state index contributed by atoms with van der Waals surface area (Å²) in [7, 11) is 1.81. The highest BCUT2D eigenvalue weighted by molar-refractivity contribution is 9.10. The smallest absolute Gasteiger partial charge is 0.320 e. The molecule has 1 atom stereocenters. The number of benzene rings is 1. The van der Waals surface area contributed by atoms with Crippen molar-refractivity contribution in [3.8, 4) is 0 Å². The van der Waals surface area contributed by atoms with E-state index in [1.54, 1.807) is 18.9 Å². The molecule has 0 aliphatic rings. The van der Waals surface area contributed by atoms with Gasteiger partial charge in [-0.3, -0.25) is 9.69 Å². The van der Waals surface area contributed by atoms with Crippen molar-refractivity contribution < 1.29 is 9.90 Å². The molecule has 82 valence electrons. The standard InChI is InChI=1S/C11H14BrNO2/c1-8(11(14)15)13(2)7-9-4-3-5-10(12)6-9/h3-6,8H,7H2,1-2H3,(H,14,15). The average molecular weight is 272 g/mol. The van der Waals surface area contributed by atoms with E-state index in [1.165, 1.54) is 0 Å². The van der Waals surface area contributed by atoms with Gasteiger partial charge in [0.1, 0.15) is 6.04 Å². The van der Waals surface area contributed by atoms with Crippen molar-refractivity contribution in [1.29, 1.82) is 0 Å². The lowest BCUT2D eigenvalue weighted by molar-refractivity contribution is -0.142. The van der Waals surface area contributed by atoms with E-state index < -0.39 is 12.0 Å². The van der Waals surface area contributed by atoms with Gasteiger partial charge in [-0.15, -0.1) is 0 Å². The maximum atomic E-state index is 10.7. The van der Waals surface area contributed by atoms with Gasteiger partial charge in [0, 0.05) is 11.0 Å². The molecule has 0 radical (unpaired) electrons. The van der Waals surface area contributed by atoms with Crippen LogP contribution < -0.4 is 0 Å². The largest absolute Gasteiger partial charge is 0.480 e. The third-order valence-electron chi connectivity index (χ3n) is 2.34. The number of nitrogens with zero attached hydrogens (tertiary/aromatic N) is 1. The van der Waals surface area contributed by atoms with E-state index in [4.69, 9.17) is 5.11 Å². The fourth-order valence-corrected chi connectivity index (χ4v) is 1.70. The van der Waals surface area contributed by atoms with E-state index in [9.17, 15) is 4.79 Å². The third kappa shape index (κ3) is 3.64. The van der Waals surface area contributed by atoms with Gasteiger partial charge in [-0.05, 0) is 31.7 Å². The maximum Gasteiger partial charge on any atom is 0.320 e. The van der Waals surface area contributed by atoms with Crippen LogP contribution in [0.5, 0.6) is 0 Å². The van der Waals surface area contributed by atoms with E-state index in [0.29, 0.717) is 6.54 Å². The van der Waals surface area contributed by atoms with Crippen LogP contribution in [0.15, 0.2) is 28.7 Å². The highest BCUT2D eigenvalue weighted by Gasteiger charge is 2.16.